The molecular weight excluding hydrogens is 204 g/mol. The van der Waals surface area contributed by atoms with Crippen LogP contribution in [0.5, 0.6) is 0 Å². The van der Waals surface area contributed by atoms with Gasteiger partial charge < -0.3 is 9.64 Å². The van der Waals surface area contributed by atoms with E-state index in [0.717, 1.165) is 5.56 Å². The maximum Gasteiger partial charge on any atom is 0.250 e. The maximum absolute atomic E-state index is 11.6. The van der Waals surface area contributed by atoms with Crippen LogP contribution in [-0.4, -0.2) is 30.1 Å². The molecule has 82 valence electrons. The maximum atomic E-state index is 11.6. The molecule has 1 aliphatic heterocycles. The van der Waals surface area contributed by atoms with Crippen molar-refractivity contribution in [3.05, 3.63) is 35.9 Å². The molecule has 0 radical (unpaired) electrons. The quantitative estimate of drug-likeness (QED) is 0.739. The van der Waals surface area contributed by atoms with Crippen molar-refractivity contribution in [2.75, 3.05) is 13.2 Å². The number of nitriles is 1. The van der Waals surface area contributed by atoms with Crippen LogP contribution in [0.1, 0.15) is 5.56 Å². The number of nitrogens with zero attached hydrogens (tertiary/aromatic N) is 2. The van der Waals surface area contributed by atoms with Crippen LogP contribution in [0, 0.1) is 11.3 Å². The zero-order valence-electron chi connectivity index (χ0n) is 8.80. The zero-order valence-corrected chi connectivity index (χ0v) is 8.80. The van der Waals surface area contributed by atoms with Crippen LogP contribution >= 0.6 is 0 Å². The number of morpholine rings is 1. The normalized spacial score (nSPS) is 20.6. The lowest BCUT2D eigenvalue weighted by molar-refractivity contribution is -0.146. The number of rotatable bonds is 2. The smallest absolute Gasteiger partial charge is 0.250 e. The molecule has 1 heterocycles. The fourth-order valence-electron chi connectivity index (χ4n) is 1.69. The highest BCUT2D eigenvalue weighted by atomic mass is 16.5. The molecule has 1 atom stereocenters. The van der Waals surface area contributed by atoms with E-state index < -0.39 is 6.04 Å². The molecule has 0 aromatic heterocycles. The third-order valence-electron chi connectivity index (χ3n) is 2.54. The molecule has 2 rings (SSSR count). The Labute approximate surface area is 94.0 Å². The van der Waals surface area contributed by atoms with Gasteiger partial charge in [0.05, 0.1) is 12.7 Å². The van der Waals surface area contributed by atoms with E-state index >= 15 is 0 Å². The first-order valence-corrected chi connectivity index (χ1v) is 5.12. The molecule has 1 aromatic rings. The first-order valence-electron chi connectivity index (χ1n) is 5.12. The second-order valence-electron chi connectivity index (χ2n) is 3.67. The van der Waals surface area contributed by atoms with Crippen molar-refractivity contribution in [3.63, 3.8) is 0 Å². The van der Waals surface area contributed by atoms with Crippen LogP contribution in [0.25, 0.3) is 0 Å². The fraction of sp³-hybridized carbons (Fsp3) is 0.333. The van der Waals surface area contributed by atoms with Gasteiger partial charge in [-0.25, -0.2) is 0 Å². The Hall–Kier alpha value is -1.86. The predicted molar refractivity (Wildman–Crippen MR) is 57.2 cm³/mol. The van der Waals surface area contributed by atoms with Crippen molar-refractivity contribution in [2.24, 2.45) is 0 Å². The number of carbonyl (C=O) groups is 1. The average molecular weight is 216 g/mol. The van der Waals surface area contributed by atoms with E-state index in [0.29, 0.717) is 13.2 Å². The Bertz CT molecular complexity index is 411. The van der Waals surface area contributed by atoms with Crippen molar-refractivity contribution in [1.82, 2.24) is 4.90 Å². The van der Waals surface area contributed by atoms with Gasteiger partial charge in [0.15, 0.2) is 0 Å². The number of benzene rings is 1. The van der Waals surface area contributed by atoms with E-state index in [2.05, 4.69) is 6.07 Å². The lowest BCUT2D eigenvalue weighted by atomic mass is 10.1. The summed E-state index contributed by atoms with van der Waals surface area (Å²) in [5.74, 6) is -0.123. The summed E-state index contributed by atoms with van der Waals surface area (Å²) < 4.78 is 5.04. The number of ether oxygens (including phenoxy) is 1. The molecule has 0 N–H and O–H groups in total. The van der Waals surface area contributed by atoms with Gasteiger partial charge in [0.1, 0.15) is 12.6 Å². The standard InChI is InChI=1S/C12H12N2O2/c13-6-11-8-16-9-12(15)14(11)7-10-4-2-1-3-5-10/h1-5,11H,7-9H2. The predicted octanol–water partition coefficient (Wildman–Crippen LogP) is 0.938. The van der Waals surface area contributed by atoms with Gasteiger partial charge in [-0.15, -0.1) is 0 Å². The van der Waals surface area contributed by atoms with Crippen molar-refractivity contribution in [2.45, 2.75) is 12.6 Å². The molecule has 1 fully saturated rings. The molecule has 1 aliphatic rings. The fourth-order valence-corrected chi connectivity index (χ4v) is 1.69. The molecule has 4 heteroatoms. The number of carbonyl (C=O) groups excluding carboxylic acids is 1. The van der Waals surface area contributed by atoms with Gasteiger partial charge in [0, 0.05) is 6.54 Å². The first-order chi connectivity index (χ1) is 7.81. The zero-order chi connectivity index (χ0) is 11.4. The lowest BCUT2D eigenvalue weighted by Crippen LogP contribution is -2.48. The van der Waals surface area contributed by atoms with Gasteiger partial charge in [-0.3, -0.25) is 4.79 Å². The molecule has 1 saturated heterocycles. The Kier molecular flexibility index (Phi) is 3.18. The van der Waals surface area contributed by atoms with E-state index in [4.69, 9.17) is 10.00 Å². The molecule has 1 aromatic carbocycles. The summed E-state index contributed by atoms with van der Waals surface area (Å²) in [4.78, 5) is 13.2. The third kappa shape index (κ3) is 2.20. The molecule has 1 unspecified atom stereocenters. The van der Waals surface area contributed by atoms with Crippen LogP contribution in [0.3, 0.4) is 0 Å². The Morgan fingerprint density at radius 2 is 2.19 bits per heavy atom. The van der Waals surface area contributed by atoms with Crippen LogP contribution in [0.4, 0.5) is 0 Å². The van der Waals surface area contributed by atoms with Gasteiger partial charge in [0.2, 0.25) is 5.91 Å². The summed E-state index contributed by atoms with van der Waals surface area (Å²) in [5, 5.41) is 8.93. The van der Waals surface area contributed by atoms with Gasteiger partial charge in [-0.1, -0.05) is 30.3 Å². The highest BCUT2D eigenvalue weighted by molar-refractivity contribution is 5.78. The molecule has 16 heavy (non-hydrogen) atoms. The molecule has 0 saturated carbocycles. The Balaban J connectivity index is 2.12. The van der Waals surface area contributed by atoms with Gasteiger partial charge in [-0.05, 0) is 5.56 Å². The van der Waals surface area contributed by atoms with Crippen molar-refractivity contribution in [3.8, 4) is 6.07 Å². The summed E-state index contributed by atoms with van der Waals surface area (Å²) in [5.41, 5.74) is 1.03. The van der Waals surface area contributed by atoms with Gasteiger partial charge in [0.25, 0.3) is 0 Å². The SMILES string of the molecule is N#CC1COCC(=O)N1Cc1ccccc1. The summed E-state index contributed by atoms with van der Waals surface area (Å²) >= 11 is 0. The van der Waals surface area contributed by atoms with Gasteiger partial charge >= 0.3 is 0 Å². The van der Waals surface area contributed by atoms with Crippen molar-refractivity contribution < 1.29 is 9.53 Å². The summed E-state index contributed by atoms with van der Waals surface area (Å²) in [7, 11) is 0. The number of hydrogen-bond acceptors (Lipinski definition) is 3. The second kappa shape index (κ2) is 4.77. The van der Waals surface area contributed by atoms with Crippen LogP contribution in [0.15, 0.2) is 30.3 Å². The van der Waals surface area contributed by atoms with Crippen molar-refractivity contribution >= 4 is 5.91 Å². The Morgan fingerprint density at radius 3 is 2.88 bits per heavy atom. The van der Waals surface area contributed by atoms with Gasteiger partial charge in [-0.2, -0.15) is 5.26 Å². The third-order valence-corrected chi connectivity index (χ3v) is 2.54. The minimum atomic E-state index is -0.471. The van der Waals surface area contributed by atoms with E-state index in [1.54, 1.807) is 4.90 Å². The number of hydrogen-bond donors (Lipinski definition) is 0. The minimum absolute atomic E-state index is 0.0744. The molecule has 1 amide bonds. The largest absolute Gasteiger partial charge is 0.368 e. The van der Waals surface area contributed by atoms with E-state index in [1.807, 2.05) is 30.3 Å². The molecule has 0 spiro atoms. The average Bonchev–Trinajstić information content (AvgIpc) is 2.33. The summed E-state index contributed by atoms with van der Waals surface area (Å²) in [6.45, 7) is 0.849. The van der Waals surface area contributed by atoms with Crippen LogP contribution < -0.4 is 0 Å². The lowest BCUT2D eigenvalue weighted by Gasteiger charge is -2.31. The number of amides is 1. The van der Waals surface area contributed by atoms with Crippen LogP contribution in [0.2, 0.25) is 0 Å². The van der Waals surface area contributed by atoms with E-state index in [-0.39, 0.29) is 12.5 Å². The molecule has 0 aliphatic carbocycles. The Morgan fingerprint density at radius 1 is 1.44 bits per heavy atom. The van der Waals surface area contributed by atoms with E-state index in [1.165, 1.54) is 0 Å². The molecule has 4 nitrogen and oxygen atoms in total. The highest BCUT2D eigenvalue weighted by Gasteiger charge is 2.28. The van der Waals surface area contributed by atoms with E-state index in [9.17, 15) is 4.79 Å². The topological polar surface area (TPSA) is 53.3 Å². The monoisotopic (exact) mass is 216 g/mol. The minimum Gasteiger partial charge on any atom is -0.368 e. The van der Waals surface area contributed by atoms with Crippen molar-refractivity contribution in [1.29, 1.82) is 5.26 Å². The molecular formula is C12H12N2O2. The van der Waals surface area contributed by atoms with Crippen LogP contribution in [-0.2, 0) is 16.1 Å². The second-order valence-corrected chi connectivity index (χ2v) is 3.67. The first kappa shape index (κ1) is 10.7. The highest BCUT2D eigenvalue weighted by Crippen LogP contribution is 2.12. The summed E-state index contributed by atoms with van der Waals surface area (Å²) in [6, 6.07) is 11.3. The summed E-state index contributed by atoms with van der Waals surface area (Å²) in [6.07, 6.45) is 0. The molecule has 0 bridgehead atoms.